The van der Waals surface area contributed by atoms with Gasteiger partial charge in [0.15, 0.2) is 0 Å². The molecule has 2 aliphatic rings. The highest BCUT2D eigenvalue weighted by Gasteiger charge is 2.44. The van der Waals surface area contributed by atoms with E-state index in [2.05, 4.69) is 72.3 Å². The summed E-state index contributed by atoms with van der Waals surface area (Å²) in [6, 6.07) is 0. The number of nitrogens with two attached hydrogens (primary N) is 4. The van der Waals surface area contributed by atoms with Gasteiger partial charge in [-0.25, -0.2) is 0 Å². The van der Waals surface area contributed by atoms with Gasteiger partial charge in [0.2, 0.25) is 41.4 Å². The first-order valence-corrected chi connectivity index (χ1v) is 45.9. The van der Waals surface area contributed by atoms with Crippen LogP contribution in [0.15, 0.2) is 0 Å². The number of ketones is 4. The highest BCUT2D eigenvalue weighted by molar-refractivity contribution is 5.95. The molecule has 0 saturated heterocycles. The molecule has 7 amide bonds. The molecule has 0 aromatic carbocycles. The molecule has 118 heavy (non-hydrogen) atoms. The quantitative estimate of drug-likeness (QED) is 0.0203. The Kier molecular flexibility index (Phi) is 58.9. The lowest BCUT2D eigenvalue weighted by molar-refractivity contribution is -0.150. The zero-order valence-corrected chi connectivity index (χ0v) is 76.2. The van der Waals surface area contributed by atoms with Crippen LogP contribution in [0.4, 0.5) is 0 Å². The lowest BCUT2D eigenvalue weighted by Crippen LogP contribution is -2.43. The van der Waals surface area contributed by atoms with Crippen LogP contribution in [0.2, 0.25) is 0 Å². The van der Waals surface area contributed by atoms with Gasteiger partial charge in [0.1, 0.15) is 23.1 Å². The van der Waals surface area contributed by atoms with Gasteiger partial charge in [0, 0.05) is 214 Å². The molecule has 19 N–H and O–H groups in total. The largest absolute Gasteiger partial charge is 0.465 e. The van der Waals surface area contributed by atoms with Crippen LogP contribution in [0.5, 0.6) is 0 Å². The number of rotatable bonds is 68. The summed E-state index contributed by atoms with van der Waals surface area (Å²) in [4.78, 5) is 163. The molecule has 0 aromatic rings. The Morgan fingerprint density at radius 3 is 0.941 bits per heavy atom. The third kappa shape index (κ3) is 47.5. The summed E-state index contributed by atoms with van der Waals surface area (Å²) in [5, 5.41) is 33.1. The van der Waals surface area contributed by atoms with E-state index in [9.17, 15) is 57.5 Å². The highest BCUT2D eigenvalue weighted by Crippen LogP contribution is 2.40. The number of carbonyl (C=O) groups excluding carboxylic acids is 12. The van der Waals surface area contributed by atoms with Crippen LogP contribution >= 0.6 is 0 Å². The summed E-state index contributed by atoms with van der Waals surface area (Å²) in [7, 11) is 0. The van der Waals surface area contributed by atoms with Crippen LogP contribution in [0.3, 0.4) is 0 Å². The van der Waals surface area contributed by atoms with E-state index in [0.717, 1.165) is 63.2 Å². The van der Waals surface area contributed by atoms with Gasteiger partial charge in [-0.05, 0) is 101 Å². The maximum Gasteiger partial charge on any atom is 0.306 e. The van der Waals surface area contributed by atoms with E-state index < -0.39 is 57.2 Å². The number of nitrogens with one attached hydrogen (secondary N) is 11. The number of amides is 7. The van der Waals surface area contributed by atoms with Crippen molar-refractivity contribution < 1.29 is 62.3 Å². The normalized spacial score (nSPS) is 17.4. The standard InChI is InChI=1S/C45H86N8O6.C45H85N7O7/c1-8-11-13-33-14-16-34(17-15-33)32-53-40(56)28-35(10-3)41(57)45(6,7)31-36(42(58)52-26-24-49-22-19-47)27-38(54)44(4,5)30-37(43(59)51-20-12-9-2)29-39(55)50-25-23-48-21-18-46;1-8-11-13-33-14-16-34(17-15-33)32-59-40(55)29-35(10-3)41(56)45(6,7)31-36(42(57)52-26-24-49-22-19-47)27-38(53)44(4,5)30-37(43(58)51-20-12-9-2)28-39(54)50-25-23-48-21-18-46/h33-37,48-49H,8-32,46-47H2,1-7H3,(H,50,55)(H,51,59)(H,52,58)(H,53,56);33-37,48-49H,8-32,46-47H2,1-7H3,(H,50,54)(H,51,58)(H,52,57). The number of Topliss-reactive ketones (excluding diaryl/α,β-unsaturated/α-hetero) is 4. The molecule has 0 bridgehead atoms. The number of hydrogen-bond acceptors (Lipinski definition) is 21. The van der Waals surface area contributed by atoms with Crippen LogP contribution in [0.25, 0.3) is 0 Å². The minimum absolute atomic E-state index is 0.0280. The fraction of sp³-hybridized carbons (Fsp3) is 0.867. The Bertz CT molecular complexity index is 2690. The van der Waals surface area contributed by atoms with Gasteiger partial charge in [-0.15, -0.1) is 0 Å². The molecule has 28 heteroatoms. The average Bonchev–Trinajstić information content (AvgIpc) is 0.820. The van der Waals surface area contributed by atoms with E-state index in [1.54, 1.807) is 55.4 Å². The number of hydrogen-bond donors (Lipinski definition) is 15. The second-order valence-electron chi connectivity index (χ2n) is 36.4. The summed E-state index contributed by atoms with van der Waals surface area (Å²) in [5.41, 5.74) is 18.0. The van der Waals surface area contributed by atoms with E-state index in [0.29, 0.717) is 156 Å². The molecule has 2 fully saturated rings. The molecule has 6 unspecified atom stereocenters. The first kappa shape index (κ1) is 110. The average molecular weight is 1670 g/mol. The van der Waals surface area contributed by atoms with Crippen LogP contribution in [0.1, 0.15) is 290 Å². The van der Waals surface area contributed by atoms with E-state index in [4.69, 9.17) is 27.7 Å². The second-order valence-corrected chi connectivity index (χ2v) is 36.4. The first-order valence-electron chi connectivity index (χ1n) is 45.9. The minimum atomic E-state index is -1.07. The molecule has 0 heterocycles. The van der Waals surface area contributed by atoms with Crippen molar-refractivity contribution >= 4 is 70.5 Å². The van der Waals surface area contributed by atoms with Gasteiger partial charge in [0.05, 0.1) is 13.0 Å². The fourth-order valence-electron chi connectivity index (χ4n) is 16.3. The smallest absolute Gasteiger partial charge is 0.306 e. The summed E-state index contributed by atoms with van der Waals surface area (Å²) < 4.78 is 5.73. The van der Waals surface area contributed by atoms with Crippen molar-refractivity contribution in [3.63, 3.8) is 0 Å². The van der Waals surface area contributed by atoms with E-state index in [1.807, 2.05) is 27.7 Å². The summed E-state index contributed by atoms with van der Waals surface area (Å²) >= 11 is 0. The highest BCUT2D eigenvalue weighted by atomic mass is 16.5. The van der Waals surface area contributed by atoms with Crippen molar-refractivity contribution in [2.75, 3.05) is 131 Å². The number of ether oxygens (including phenoxy) is 1. The summed E-state index contributed by atoms with van der Waals surface area (Å²) in [5.74, 6) is -5.03. The zero-order valence-electron chi connectivity index (χ0n) is 76.2. The summed E-state index contributed by atoms with van der Waals surface area (Å²) in [6.07, 6.45) is 20.9. The summed E-state index contributed by atoms with van der Waals surface area (Å²) in [6.45, 7) is 36.1. The molecule has 2 saturated carbocycles. The van der Waals surface area contributed by atoms with Gasteiger partial charge in [-0.3, -0.25) is 57.5 Å². The molecular weight excluding hydrogens is 1500 g/mol. The number of carbonyl (C=O) groups is 12. The van der Waals surface area contributed by atoms with Crippen molar-refractivity contribution in [1.82, 2.24) is 58.5 Å². The van der Waals surface area contributed by atoms with Gasteiger partial charge < -0.3 is 86.2 Å². The lowest BCUT2D eigenvalue weighted by Gasteiger charge is -2.33. The fourth-order valence-corrected chi connectivity index (χ4v) is 16.3. The number of esters is 1. The molecule has 6 atom stereocenters. The van der Waals surface area contributed by atoms with Crippen molar-refractivity contribution in [3.8, 4) is 0 Å². The molecular formula is C90H171N15O13. The molecule has 0 spiro atoms. The lowest BCUT2D eigenvalue weighted by atomic mass is 9.70. The maximum atomic E-state index is 14.2. The Labute approximate surface area is 712 Å². The van der Waals surface area contributed by atoms with Crippen LogP contribution < -0.4 is 81.4 Å². The third-order valence-electron chi connectivity index (χ3n) is 24.0. The molecule has 0 radical (unpaired) electrons. The van der Waals surface area contributed by atoms with Gasteiger partial charge in [-0.1, -0.05) is 174 Å². The predicted octanol–water partition coefficient (Wildman–Crippen LogP) is 7.92. The van der Waals surface area contributed by atoms with E-state index in [1.165, 1.54) is 64.2 Å². The van der Waals surface area contributed by atoms with Crippen molar-refractivity contribution in [1.29, 1.82) is 0 Å². The molecule has 28 nitrogen and oxygen atoms in total. The molecule has 0 aromatic heterocycles. The van der Waals surface area contributed by atoms with Gasteiger partial charge in [-0.2, -0.15) is 0 Å². The Hall–Kier alpha value is -5.88. The molecule has 684 valence electrons. The molecule has 2 aliphatic carbocycles. The van der Waals surface area contributed by atoms with Crippen LogP contribution in [-0.2, 0) is 62.3 Å². The first-order chi connectivity index (χ1) is 56.1. The van der Waals surface area contributed by atoms with Gasteiger partial charge in [0.25, 0.3) is 0 Å². The Morgan fingerprint density at radius 2 is 0.602 bits per heavy atom. The Balaban J connectivity index is 0.00000118. The van der Waals surface area contributed by atoms with E-state index >= 15 is 0 Å². The predicted molar refractivity (Wildman–Crippen MR) is 472 cm³/mol. The Morgan fingerprint density at radius 1 is 0.314 bits per heavy atom. The zero-order chi connectivity index (χ0) is 88.5. The third-order valence-corrected chi connectivity index (χ3v) is 24.0. The second kappa shape index (κ2) is 63.1. The minimum Gasteiger partial charge on any atom is -0.465 e. The van der Waals surface area contributed by atoms with Crippen molar-refractivity contribution in [2.45, 2.75) is 290 Å². The van der Waals surface area contributed by atoms with Crippen LogP contribution in [-0.4, -0.2) is 201 Å². The molecule has 2 rings (SSSR count). The van der Waals surface area contributed by atoms with Crippen LogP contribution in [0, 0.1) is 80.8 Å². The monoisotopic (exact) mass is 1670 g/mol. The van der Waals surface area contributed by atoms with Crippen molar-refractivity contribution in [3.05, 3.63) is 0 Å². The SMILES string of the molecule is CCCCNC(=O)C(CC(=O)NCCNCCN)CC(C)(C)C(=O)CC(CC(C)(C)C(=O)C(CC)CC(=O)NCC1CCC(CCCC)CC1)C(=O)NCCNCCN.CCCCNC(=O)C(CC(=O)NCCNCCN)CC(C)(C)C(=O)CC(CC(C)(C)C(=O)C(CC)CC(=O)OCC1CCC(CCCC)CC1)C(=O)NCCNCCN. The topological polar surface area (TPSA) is 450 Å². The molecule has 0 aliphatic heterocycles. The maximum absolute atomic E-state index is 14.2. The van der Waals surface area contributed by atoms with Gasteiger partial charge >= 0.3 is 5.97 Å². The number of unbranched alkanes of at least 4 members (excludes halogenated alkanes) is 4. The van der Waals surface area contributed by atoms with Crippen molar-refractivity contribution in [2.24, 2.45) is 104 Å². The van der Waals surface area contributed by atoms with E-state index in [-0.39, 0.29) is 135 Å².